The van der Waals surface area contributed by atoms with Gasteiger partial charge in [0.15, 0.2) is 0 Å². The molecule has 0 aromatic heterocycles. The van der Waals surface area contributed by atoms with Crippen molar-refractivity contribution in [2.24, 2.45) is 11.8 Å². The summed E-state index contributed by atoms with van der Waals surface area (Å²) in [7, 11) is 0. The van der Waals surface area contributed by atoms with Gasteiger partial charge in [0, 0.05) is 31.0 Å². The standard InChI is InChI=1S/C21H26N2O3S/c1-15-6-2-3-7-16(15)14-27-13-11-22-19(24)10-12-23-20(25)17-8-4-5-9-18(17)21(23)26/h2-7,17-18H,8-14H2,1H3,(H,22,24)/t17-,18+. The summed E-state index contributed by atoms with van der Waals surface area (Å²) in [5.41, 5.74) is 2.60. The molecule has 5 nitrogen and oxygen atoms in total. The fourth-order valence-corrected chi connectivity index (χ4v) is 4.54. The number of thioether (sulfide) groups is 1. The van der Waals surface area contributed by atoms with E-state index < -0.39 is 0 Å². The van der Waals surface area contributed by atoms with E-state index in [2.05, 4.69) is 24.4 Å². The van der Waals surface area contributed by atoms with Crippen molar-refractivity contribution in [3.8, 4) is 0 Å². The molecule has 1 heterocycles. The summed E-state index contributed by atoms with van der Waals surface area (Å²) in [6.07, 6.45) is 5.38. The third-order valence-electron chi connectivity index (χ3n) is 5.25. The van der Waals surface area contributed by atoms with Crippen LogP contribution in [-0.4, -0.2) is 41.5 Å². The molecule has 0 unspecified atom stereocenters. The molecule has 0 spiro atoms. The summed E-state index contributed by atoms with van der Waals surface area (Å²) < 4.78 is 0. The van der Waals surface area contributed by atoms with E-state index in [0.717, 1.165) is 11.5 Å². The lowest BCUT2D eigenvalue weighted by atomic mass is 9.85. The monoisotopic (exact) mass is 386 g/mol. The molecule has 1 aliphatic carbocycles. The number of hydrogen-bond donors (Lipinski definition) is 1. The molecule has 1 saturated heterocycles. The summed E-state index contributed by atoms with van der Waals surface area (Å²) in [5, 5.41) is 2.88. The number of benzene rings is 1. The van der Waals surface area contributed by atoms with E-state index >= 15 is 0 Å². The number of nitrogens with one attached hydrogen (secondary N) is 1. The maximum atomic E-state index is 12.4. The third-order valence-corrected chi connectivity index (χ3v) is 6.26. The lowest BCUT2D eigenvalue weighted by Gasteiger charge is -2.14. The second-order valence-corrected chi connectivity index (χ2v) is 8.17. The number of amides is 3. The zero-order chi connectivity index (χ0) is 19.2. The van der Waals surface area contributed by atoms with Crippen LogP contribution in [0, 0.1) is 18.8 Å². The van der Waals surface area contributed by atoms with Gasteiger partial charge in [-0.3, -0.25) is 19.3 Å². The largest absolute Gasteiger partial charge is 0.355 e. The average molecular weight is 387 g/mol. The highest BCUT2D eigenvalue weighted by Crippen LogP contribution is 2.34. The van der Waals surface area contributed by atoms with Gasteiger partial charge >= 0.3 is 0 Å². The minimum atomic E-state index is -0.219. The van der Waals surface area contributed by atoms with E-state index in [9.17, 15) is 14.4 Å². The van der Waals surface area contributed by atoms with Crippen LogP contribution in [0.5, 0.6) is 0 Å². The second kappa shape index (κ2) is 9.22. The van der Waals surface area contributed by atoms with Gasteiger partial charge in [0.2, 0.25) is 17.7 Å². The van der Waals surface area contributed by atoms with Crippen molar-refractivity contribution in [2.45, 2.75) is 31.9 Å². The van der Waals surface area contributed by atoms with Gasteiger partial charge in [-0.15, -0.1) is 0 Å². The molecule has 2 aliphatic rings. The normalized spacial score (nSPS) is 21.4. The Bertz CT molecular complexity index is 721. The van der Waals surface area contributed by atoms with Crippen molar-refractivity contribution in [3.63, 3.8) is 0 Å². The quantitative estimate of drug-likeness (QED) is 0.424. The molecule has 3 amide bonds. The van der Waals surface area contributed by atoms with E-state index in [4.69, 9.17) is 0 Å². The molecule has 0 radical (unpaired) electrons. The van der Waals surface area contributed by atoms with E-state index in [1.807, 2.05) is 24.3 Å². The van der Waals surface area contributed by atoms with E-state index in [0.29, 0.717) is 19.4 Å². The highest BCUT2D eigenvalue weighted by atomic mass is 32.2. The Morgan fingerprint density at radius 3 is 2.48 bits per heavy atom. The first-order valence-corrected chi connectivity index (χ1v) is 10.6. The van der Waals surface area contributed by atoms with Crippen LogP contribution in [0.25, 0.3) is 0 Å². The minimum absolute atomic E-state index is 0.111. The lowest BCUT2D eigenvalue weighted by molar-refractivity contribution is -0.140. The number of carbonyl (C=O) groups excluding carboxylic acids is 3. The number of aryl methyl sites for hydroxylation is 1. The van der Waals surface area contributed by atoms with Crippen LogP contribution in [0.2, 0.25) is 0 Å². The Labute approximate surface area is 164 Å². The zero-order valence-electron chi connectivity index (χ0n) is 15.6. The Balaban J connectivity index is 1.34. The molecule has 6 heteroatoms. The molecular weight excluding hydrogens is 360 g/mol. The molecule has 144 valence electrons. The average Bonchev–Trinajstić information content (AvgIpc) is 2.92. The van der Waals surface area contributed by atoms with Gasteiger partial charge in [-0.2, -0.15) is 11.8 Å². The fourth-order valence-electron chi connectivity index (χ4n) is 3.61. The Kier molecular flexibility index (Phi) is 6.72. The second-order valence-electron chi connectivity index (χ2n) is 7.06. The van der Waals surface area contributed by atoms with Crippen LogP contribution in [-0.2, 0) is 20.1 Å². The van der Waals surface area contributed by atoms with Gasteiger partial charge in [-0.1, -0.05) is 36.4 Å². The van der Waals surface area contributed by atoms with Crippen molar-refractivity contribution < 1.29 is 14.4 Å². The summed E-state index contributed by atoms with van der Waals surface area (Å²) in [6, 6.07) is 8.30. The Morgan fingerprint density at radius 1 is 1.15 bits per heavy atom. The molecule has 1 aromatic carbocycles. The van der Waals surface area contributed by atoms with E-state index in [-0.39, 0.29) is 42.5 Å². The fraction of sp³-hybridized carbons (Fsp3) is 0.476. The highest BCUT2D eigenvalue weighted by Gasteiger charge is 2.46. The first-order valence-electron chi connectivity index (χ1n) is 9.47. The number of hydrogen-bond acceptors (Lipinski definition) is 4. The molecule has 1 fully saturated rings. The maximum absolute atomic E-state index is 12.4. The van der Waals surface area contributed by atoms with Crippen LogP contribution in [0.15, 0.2) is 36.4 Å². The first-order chi connectivity index (χ1) is 13.1. The van der Waals surface area contributed by atoms with Crippen molar-refractivity contribution >= 4 is 29.5 Å². The smallest absolute Gasteiger partial charge is 0.233 e. The molecular formula is C21H26N2O3S. The zero-order valence-corrected chi connectivity index (χ0v) is 16.5. The number of likely N-dealkylation sites (tertiary alicyclic amines) is 1. The van der Waals surface area contributed by atoms with Crippen LogP contribution >= 0.6 is 11.8 Å². The number of carbonyl (C=O) groups is 3. The molecule has 1 N–H and O–H groups in total. The highest BCUT2D eigenvalue weighted by molar-refractivity contribution is 7.98. The molecule has 3 rings (SSSR count). The first kappa shape index (κ1) is 19.7. The molecule has 27 heavy (non-hydrogen) atoms. The minimum Gasteiger partial charge on any atom is -0.355 e. The van der Waals surface area contributed by atoms with Gasteiger partial charge in [-0.05, 0) is 30.9 Å². The van der Waals surface area contributed by atoms with Crippen LogP contribution in [0.1, 0.15) is 30.4 Å². The van der Waals surface area contributed by atoms with Crippen molar-refractivity contribution in [1.82, 2.24) is 10.2 Å². The molecule has 1 aliphatic heterocycles. The lowest BCUT2D eigenvalue weighted by Crippen LogP contribution is -2.36. The van der Waals surface area contributed by atoms with Crippen molar-refractivity contribution in [1.29, 1.82) is 0 Å². The summed E-state index contributed by atoms with van der Waals surface area (Å²) >= 11 is 1.78. The van der Waals surface area contributed by atoms with E-state index in [1.54, 1.807) is 11.8 Å². The predicted molar refractivity (Wildman–Crippen MR) is 107 cm³/mol. The number of fused-ring (bicyclic) bond motifs is 1. The van der Waals surface area contributed by atoms with Crippen LogP contribution < -0.4 is 5.32 Å². The SMILES string of the molecule is Cc1ccccc1CSCCNC(=O)CCN1C(=O)[C@H]2CC=CC[C@H]2C1=O. The number of nitrogens with zero attached hydrogens (tertiary/aromatic N) is 1. The molecule has 0 bridgehead atoms. The van der Waals surface area contributed by atoms with Crippen molar-refractivity contribution in [3.05, 3.63) is 47.5 Å². The van der Waals surface area contributed by atoms with Gasteiger partial charge < -0.3 is 5.32 Å². The Morgan fingerprint density at radius 2 is 1.81 bits per heavy atom. The van der Waals surface area contributed by atoms with Gasteiger partial charge in [0.25, 0.3) is 0 Å². The third kappa shape index (κ3) is 4.80. The number of allylic oxidation sites excluding steroid dienone is 2. The van der Waals surface area contributed by atoms with Gasteiger partial charge in [0.05, 0.1) is 11.8 Å². The van der Waals surface area contributed by atoms with E-state index in [1.165, 1.54) is 16.0 Å². The number of rotatable bonds is 8. The van der Waals surface area contributed by atoms with Crippen molar-refractivity contribution in [2.75, 3.05) is 18.8 Å². The molecule has 1 aromatic rings. The van der Waals surface area contributed by atoms with Gasteiger partial charge in [-0.25, -0.2) is 0 Å². The number of imide groups is 1. The summed E-state index contributed by atoms with van der Waals surface area (Å²) in [5.74, 6) is 0.979. The summed E-state index contributed by atoms with van der Waals surface area (Å²) in [4.78, 5) is 38.0. The summed E-state index contributed by atoms with van der Waals surface area (Å²) in [6.45, 7) is 2.88. The maximum Gasteiger partial charge on any atom is 0.233 e. The predicted octanol–water partition coefficient (Wildman–Crippen LogP) is 2.69. The Hall–Kier alpha value is -2.08. The molecule has 2 atom stereocenters. The van der Waals surface area contributed by atoms with Crippen LogP contribution in [0.3, 0.4) is 0 Å². The molecule has 0 saturated carbocycles. The topological polar surface area (TPSA) is 66.5 Å². The van der Waals surface area contributed by atoms with Gasteiger partial charge in [0.1, 0.15) is 0 Å². The van der Waals surface area contributed by atoms with Crippen LogP contribution in [0.4, 0.5) is 0 Å².